The fourth-order valence-corrected chi connectivity index (χ4v) is 4.11. The monoisotopic (exact) mass is 386 g/mol. The minimum Gasteiger partial charge on any atom is -0.508 e. The Morgan fingerprint density at radius 3 is 2.81 bits per heavy atom. The van der Waals surface area contributed by atoms with Gasteiger partial charge in [0.1, 0.15) is 5.75 Å². The Hall–Kier alpha value is -2.08. The van der Waals surface area contributed by atoms with Crippen LogP contribution in [0.25, 0.3) is 0 Å². The first-order valence-corrected chi connectivity index (χ1v) is 9.63. The number of phenolic OH excluding ortho intramolecular Hbond substituents is 1. The molecule has 2 aliphatic rings. The lowest BCUT2D eigenvalue weighted by Gasteiger charge is -2.35. The van der Waals surface area contributed by atoms with Crippen molar-refractivity contribution in [1.29, 1.82) is 0 Å². The number of rotatable bonds is 4. The number of phenols is 1. The van der Waals surface area contributed by atoms with Gasteiger partial charge in [-0.15, -0.1) is 0 Å². The predicted molar refractivity (Wildman–Crippen MR) is 104 cm³/mol. The van der Waals surface area contributed by atoms with Crippen molar-refractivity contribution in [3.05, 3.63) is 64.7 Å². The molecular weight excluding hydrogens is 364 g/mol. The minimum atomic E-state index is -0.0133. The van der Waals surface area contributed by atoms with Crippen LogP contribution in [0, 0.1) is 0 Å². The van der Waals surface area contributed by atoms with Gasteiger partial charge in [0.25, 0.3) is 0 Å². The zero-order valence-corrected chi connectivity index (χ0v) is 15.7. The van der Waals surface area contributed by atoms with Gasteiger partial charge in [-0.1, -0.05) is 35.9 Å². The second-order valence-electron chi connectivity index (χ2n) is 7.33. The van der Waals surface area contributed by atoms with Gasteiger partial charge in [-0.3, -0.25) is 9.69 Å². The van der Waals surface area contributed by atoms with Crippen LogP contribution in [0.5, 0.6) is 5.75 Å². The molecule has 0 aliphatic carbocycles. The topological polar surface area (TPSA) is 61.8 Å². The van der Waals surface area contributed by atoms with Crippen LogP contribution in [0.1, 0.15) is 23.7 Å². The van der Waals surface area contributed by atoms with Crippen LogP contribution in [-0.2, 0) is 16.0 Å². The normalized spacial score (nSPS) is 25.1. The first-order valence-electron chi connectivity index (χ1n) is 9.25. The SMILES string of the molecule is O=C(Cc1cccc(O)c1)N[C@@H]1C[C@H]2CO[C@@H](c3ccc(Cl)cc3)CN2C1. The molecule has 5 nitrogen and oxygen atoms in total. The molecular formula is C21H23ClN2O3. The molecule has 3 atom stereocenters. The fraction of sp³-hybridized carbons (Fsp3) is 0.381. The Bertz CT molecular complexity index is 811. The number of ether oxygens (including phenoxy) is 1. The summed E-state index contributed by atoms with van der Waals surface area (Å²) in [5, 5.41) is 13.4. The van der Waals surface area contributed by atoms with Gasteiger partial charge >= 0.3 is 0 Å². The lowest BCUT2D eigenvalue weighted by atomic mass is 10.1. The number of hydrogen-bond acceptors (Lipinski definition) is 4. The van der Waals surface area contributed by atoms with Crippen molar-refractivity contribution in [2.45, 2.75) is 31.0 Å². The molecule has 6 heteroatoms. The van der Waals surface area contributed by atoms with Crippen molar-refractivity contribution in [2.75, 3.05) is 19.7 Å². The van der Waals surface area contributed by atoms with E-state index in [0.29, 0.717) is 12.6 Å². The van der Waals surface area contributed by atoms with Gasteiger partial charge in [-0.2, -0.15) is 0 Å². The first kappa shape index (κ1) is 18.3. The lowest BCUT2D eigenvalue weighted by molar-refractivity contribution is -0.121. The Kier molecular flexibility index (Phi) is 5.34. The molecule has 2 N–H and O–H groups in total. The second-order valence-corrected chi connectivity index (χ2v) is 7.76. The van der Waals surface area contributed by atoms with E-state index >= 15 is 0 Å². The molecule has 0 saturated carbocycles. The molecule has 27 heavy (non-hydrogen) atoms. The van der Waals surface area contributed by atoms with Gasteiger partial charge < -0.3 is 15.2 Å². The number of nitrogens with zero attached hydrogens (tertiary/aromatic N) is 1. The van der Waals surface area contributed by atoms with Gasteiger partial charge in [-0.05, 0) is 41.8 Å². The quantitative estimate of drug-likeness (QED) is 0.848. The minimum absolute atomic E-state index is 0.0133. The summed E-state index contributed by atoms with van der Waals surface area (Å²) in [5.74, 6) is 0.171. The molecule has 2 heterocycles. The van der Waals surface area contributed by atoms with E-state index < -0.39 is 0 Å². The number of aromatic hydroxyl groups is 1. The Morgan fingerprint density at radius 1 is 1.22 bits per heavy atom. The van der Waals surface area contributed by atoms with Crippen molar-refractivity contribution in [3.8, 4) is 5.75 Å². The van der Waals surface area contributed by atoms with Crippen molar-refractivity contribution >= 4 is 17.5 Å². The highest BCUT2D eigenvalue weighted by Gasteiger charge is 2.38. The maximum atomic E-state index is 12.3. The molecule has 0 unspecified atom stereocenters. The number of fused-ring (bicyclic) bond motifs is 1. The summed E-state index contributed by atoms with van der Waals surface area (Å²) in [4.78, 5) is 14.8. The average Bonchev–Trinajstić information content (AvgIpc) is 3.03. The number of halogens is 1. The molecule has 142 valence electrons. The van der Waals surface area contributed by atoms with Gasteiger partial charge in [0.2, 0.25) is 5.91 Å². The molecule has 0 spiro atoms. The van der Waals surface area contributed by atoms with E-state index in [1.807, 2.05) is 30.3 Å². The zero-order chi connectivity index (χ0) is 18.8. The van der Waals surface area contributed by atoms with Crippen LogP contribution in [0.3, 0.4) is 0 Å². The first-order chi connectivity index (χ1) is 13.1. The van der Waals surface area contributed by atoms with E-state index in [1.54, 1.807) is 18.2 Å². The van der Waals surface area contributed by atoms with Crippen molar-refractivity contribution in [1.82, 2.24) is 10.2 Å². The van der Waals surface area contributed by atoms with Crippen LogP contribution < -0.4 is 5.32 Å². The van der Waals surface area contributed by atoms with E-state index in [2.05, 4.69) is 10.2 Å². The summed E-state index contributed by atoms with van der Waals surface area (Å²) in [6.45, 7) is 2.33. The summed E-state index contributed by atoms with van der Waals surface area (Å²) in [7, 11) is 0. The Balaban J connectivity index is 1.31. The van der Waals surface area contributed by atoms with Crippen LogP contribution in [0.2, 0.25) is 5.02 Å². The van der Waals surface area contributed by atoms with Crippen LogP contribution in [0.15, 0.2) is 48.5 Å². The van der Waals surface area contributed by atoms with E-state index in [4.69, 9.17) is 16.3 Å². The van der Waals surface area contributed by atoms with Crippen molar-refractivity contribution in [2.24, 2.45) is 0 Å². The van der Waals surface area contributed by atoms with Gasteiger partial charge in [0, 0.05) is 30.2 Å². The third-order valence-electron chi connectivity index (χ3n) is 5.30. The molecule has 2 fully saturated rings. The summed E-state index contributed by atoms with van der Waals surface area (Å²) in [5.41, 5.74) is 1.95. The summed E-state index contributed by atoms with van der Waals surface area (Å²) >= 11 is 5.97. The maximum absolute atomic E-state index is 12.3. The molecule has 2 aromatic carbocycles. The molecule has 4 rings (SSSR count). The van der Waals surface area contributed by atoms with E-state index in [1.165, 1.54) is 0 Å². The van der Waals surface area contributed by atoms with Crippen molar-refractivity contribution < 1.29 is 14.6 Å². The van der Waals surface area contributed by atoms with E-state index in [0.717, 1.165) is 35.7 Å². The molecule has 2 saturated heterocycles. The van der Waals surface area contributed by atoms with Gasteiger partial charge in [-0.25, -0.2) is 0 Å². The number of carbonyl (C=O) groups is 1. The number of amides is 1. The number of carbonyl (C=O) groups excluding carboxylic acids is 1. The van der Waals surface area contributed by atoms with Gasteiger partial charge in [0.15, 0.2) is 0 Å². The average molecular weight is 387 g/mol. The highest BCUT2D eigenvalue weighted by atomic mass is 35.5. The van der Waals surface area contributed by atoms with Crippen LogP contribution in [-0.4, -0.2) is 47.7 Å². The standard InChI is InChI=1S/C21H23ClN2O3/c22-16-6-4-15(5-7-16)20-12-24-11-17(10-18(24)13-27-20)23-21(26)9-14-2-1-3-19(25)8-14/h1-8,17-18,20,25H,9-13H2,(H,23,26)/t17-,18+,20-/m1/s1. The largest absolute Gasteiger partial charge is 0.508 e. The Labute approximate surface area is 163 Å². The fourth-order valence-electron chi connectivity index (χ4n) is 3.99. The smallest absolute Gasteiger partial charge is 0.224 e. The van der Waals surface area contributed by atoms with E-state index in [-0.39, 0.29) is 30.2 Å². The second kappa shape index (κ2) is 7.89. The third-order valence-corrected chi connectivity index (χ3v) is 5.55. The molecule has 0 radical (unpaired) electrons. The molecule has 2 aliphatic heterocycles. The Morgan fingerprint density at radius 2 is 2.04 bits per heavy atom. The highest BCUT2D eigenvalue weighted by molar-refractivity contribution is 6.30. The van der Waals surface area contributed by atoms with Crippen molar-refractivity contribution in [3.63, 3.8) is 0 Å². The number of hydrogen-bond donors (Lipinski definition) is 2. The lowest BCUT2D eigenvalue weighted by Crippen LogP contribution is -2.43. The maximum Gasteiger partial charge on any atom is 0.224 e. The van der Waals surface area contributed by atoms with E-state index in [9.17, 15) is 9.90 Å². The van der Waals surface area contributed by atoms with Gasteiger partial charge in [0.05, 0.1) is 19.1 Å². The molecule has 0 aromatic heterocycles. The molecule has 2 aromatic rings. The highest BCUT2D eigenvalue weighted by Crippen LogP contribution is 2.30. The number of nitrogens with one attached hydrogen (secondary N) is 1. The van der Waals surface area contributed by atoms with Crippen LogP contribution in [0.4, 0.5) is 0 Å². The number of morpholine rings is 1. The molecule has 1 amide bonds. The predicted octanol–water partition coefficient (Wildman–Crippen LogP) is 2.92. The summed E-state index contributed by atoms with van der Waals surface area (Å²) < 4.78 is 6.05. The third kappa shape index (κ3) is 4.43. The zero-order valence-electron chi connectivity index (χ0n) is 15.0. The summed E-state index contributed by atoms with van der Waals surface area (Å²) in [6.07, 6.45) is 1.22. The summed E-state index contributed by atoms with van der Waals surface area (Å²) in [6, 6.07) is 15.1. The van der Waals surface area contributed by atoms with Crippen LogP contribution >= 0.6 is 11.6 Å². The number of benzene rings is 2. The molecule has 0 bridgehead atoms.